The normalized spacial score (nSPS) is 19.3. The molecule has 2 amide bonds. The second-order valence-electron chi connectivity index (χ2n) is 4.29. The maximum Gasteiger partial charge on any atom is 0.267 e. The highest BCUT2D eigenvalue weighted by Gasteiger charge is 2.29. The molecule has 0 radical (unpaired) electrons. The molecule has 1 N–H and O–H groups in total. The zero-order valence-corrected chi connectivity index (χ0v) is 10.00. The minimum absolute atomic E-state index is 0.270. The largest absolute Gasteiger partial charge is 0.463 e. The third-order valence-electron chi connectivity index (χ3n) is 2.98. The first-order chi connectivity index (χ1) is 9.24. The number of piperidine rings is 1. The number of carbonyl (C=O) groups is 2. The molecule has 1 saturated heterocycles. The van der Waals surface area contributed by atoms with Crippen LogP contribution in [0.4, 0.5) is 0 Å². The summed E-state index contributed by atoms with van der Waals surface area (Å²) in [5.74, 6) is -0.382. The SMILES string of the molecule is O=C1CCC(Oc2nncc3ccccc23)C(=O)N1. The summed E-state index contributed by atoms with van der Waals surface area (Å²) in [5.41, 5.74) is 0. The first-order valence-electron chi connectivity index (χ1n) is 5.95. The Hall–Kier alpha value is -2.50. The van der Waals surface area contributed by atoms with E-state index >= 15 is 0 Å². The van der Waals surface area contributed by atoms with Gasteiger partial charge in [0.2, 0.25) is 11.8 Å². The zero-order chi connectivity index (χ0) is 13.2. The van der Waals surface area contributed by atoms with E-state index in [0.717, 1.165) is 10.8 Å². The van der Waals surface area contributed by atoms with Gasteiger partial charge in [-0.15, -0.1) is 5.10 Å². The van der Waals surface area contributed by atoms with Crippen LogP contribution in [0.1, 0.15) is 12.8 Å². The Morgan fingerprint density at radius 3 is 2.95 bits per heavy atom. The number of amides is 2. The van der Waals surface area contributed by atoms with Gasteiger partial charge in [-0.2, -0.15) is 5.10 Å². The molecule has 0 bridgehead atoms. The van der Waals surface area contributed by atoms with Crippen molar-refractivity contribution in [2.75, 3.05) is 0 Å². The van der Waals surface area contributed by atoms with Gasteiger partial charge in [-0.25, -0.2) is 0 Å². The van der Waals surface area contributed by atoms with Gasteiger partial charge in [0.1, 0.15) is 0 Å². The third kappa shape index (κ3) is 2.24. The Morgan fingerprint density at radius 1 is 1.26 bits per heavy atom. The van der Waals surface area contributed by atoms with Crippen LogP contribution in [0.5, 0.6) is 5.88 Å². The molecule has 2 heterocycles. The fraction of sp³-hybridized carbons (Fsp3) is 0.231. The van der Waals surface area contributed by atoms with Crippen molar-refractivity contribution in [3.63, 3.8) is 0 Å². The molecule has 0 saturated carbocycles. The number of nitrogens with one attached hydrogen (secondary N) is 1. The summed E-state index contributed by atoms with van der Waals surface area (Å²) in [4.78, 5) is 22.7. The van der Waals surface area contributed by atoms with Crippen LogP contribution in [0, 0.1) is 0 Å². The topological polar surface area (TPSA) is 81.2 Å². The van der Waals surface area contributed by atoms with E-state index in [4.69, 9.17) is 4.74 Å². The van der Waals surface area contributed by atoms with Crippen molar-refractivity contribution in [2.24, 2.45) is 0 Å². The first-order valence-corrected chi connectivity index (χ1v) is 5.95. The van der Waals surface area contributed by atoms with Crippen LogP contribution in [0.15, 0.2) is 30.5 Å². The maximum absolute atomic E-state index is 11.6. The lowest BCUT2D eigenvalue weighted by molar-refractivity contribution is -0.138. The molecular weight excluding hydrogens is 246 g/mol. The number of nitrogens with zero attached hydrogens (tertiary/aromatic N) is 2. The zero-order valence-electron chi connectivity index (χ0n) is 10.00. The highest BCUT2D eigenvalue weighted by atomic mass is 16.5. The minimum Gasteiger partial charge on any atom is -0.463 e. The van der Waals surface area contributed by atoms with E-state index in [2.05, 4.69) is 15.5 Å². The van der Waals surface area contributed by atoms with E-state index in [9.17, 15) is 9.59 Å². The van der Waals surface area contributed by atoms with Crippen LogP contribution < -0.4 is 10.1 Å². The molecule has 1 atom stereocenters. The van der Waals surface area contributed by atoms with Crippen molar-refractivity contribution in [3.05, 3.63) is 30.5 Å². The van der Waals surface area contributed by atoms with Crippen molar-refractivity contribution in [1.29, 1.82) is 0 Å². The highest BCUT2D eigenvalue weighted by Crippen LogP contribution is 2.23. The Bertz CT molecular complexity index is 651. The average Bonchev–Trinajstić information content (AvgIpc) is 2.42. The second-order valence-corrected chi connectivity index (χ2v) is 4.29. The molecule has 19 heavy (non-hydrogen) atoms. The number of hydrogen-bond donors (Lipinski definition) is 1. The molecule has 1 unspecified atom stereocenters. The fourth-order valence-electron chi connectivity index (χ4n) is 2.01. The van der Waals surface area contributed by atoms with Crippen molar-refractivity contribution < 1.29 is 14.3 Å². The summed E-state index contributed by atoms with van der Waals surface area (Å²) in [7, 11) is 0. The predicted molar refractivity (Wildman–Crippen MR) is 66.3 cm³/mol. The van der Waals surface area contributed by atoms with E-state index in [1.54, 1.807) is 6.20 Å². The molecule has 1 aliphatic rings. The summed E-state index contributed by atoms with van der Waals surface area (Å²) in [6.45, 7) is 0. The summed E-state index contributed by atoms with van der Waals surface area (Å²) in [6.07, 6.45) is 1.56. The van der Waals surface area contributed by atoms with Gasteiger partial charge in [-0.3, -0.25) is 14.9 Å². The Morgan fingerprint density at radius 2 is 2.11 bits per heavy atom. The molecule has 1 aliphatic heterocycles. The number of benzene rings is 1. The summed E-state index contributed by atoms with van der Waals surface area (Å²) in [6, 6.07) is 7.49. The van der Waals surface area contributed by atoms with Crippen LogP contribution >= 0.6 is 0 Å². The van der Waals surface area contributed by atoms with Gasteiger partial charge in [0.15, 0.2) is 6.10 Å². The van der Waals surface area contributed by atoms with Crippen molar-refractivity contribution in [1.82, 2.24) is 15.5 Å². The van der Waals surface area contributed by atoms with Gasteiger partial charge in [-0.1, -0.05) is 18.2 Å². The smallest absolute Gasteiger partial charge is 0.267 e. The summed E-state index contributed by atoms with van der Waals surface area (Å²) in [5, 5.41) is 11.7. The molecule has 6 nitrogen and oxygen atoms in total. The third-order valence-corrected chi connectivity index (χ3v) is 2.98. The molecule has 0 spiro atoms. The molecule has 1 aromatic carbocycles. The lowest BCUT2D eigenvalue weighted by Crippen LogP contribution is -2.46. The monoisotopic (exact) mass is 257 g/mol. The van der Waals surface area contributed by atoms with Crippen LogP contribution in [0.25, 0.3) is 10.8 Å². The number of rotatable bonds is 2. The molecular formula is C13H11N3O3. The maximum atomic E-state index is 11.6. The van der Waals surface area contributed by atoms with Crippen molar-refractivity contribution in [2.45, 2.75) is 18.9 Å². The molecule has 6 heteroatoms. The second kappa shape index (κ2) is 4.64. The molecule has 1 aromatic heterocycles. The average molecular weight is 257 g/mol. The fourth-order valence-corrected chi connectivity index (χ4v) is 2.01. The van der Waals surface area contributed by atoms with Gasteiger partial charge in [0.25, 0.3) is 5.91 Å². The van der Waals surface area contributed by atoms with Crippen LogP contribution in [-0.2, 0) is 9.59 Å². The highest BCUT2D eigenvalue weighted by molar-refractivity contribution is 6.00. The Labute approximate surface area is 108 Å². The number of aromatic nitrogens is 2. The van der Waals surface area contributed by atoms with E-state index in [1.807, 2.05) is 24.3 Å². The molecule has 2 aromatic rings. The molecule has 3 rings (SSSR count). The number of fused-ring (bicyclic) bond motifs is 1. The van der Waals surface area contributed by atoms with Gasteiger partial charge < -0.3 is 4.74 Å². The van der Waals surface area contributed by atoms with Gasteiger partial charge in [0, 0.05) is 23.6 Å². The van der Waals surface area contributed by atoms with Gasteiger partial charge >= 0.3 is 0 Å². The summed E-state index contributed by atoms with van der Waals surface area (Å²) >= 11 is 0. The van der Waals surface area contributed by atoms with E-state index in [-0.39, 0.29) is 12.3 Å². The van der Waals surface area contributed by atoms with Crippen molar-refractivity contribution in [3.8, 4) is 5.88 Å². The number of carbonyl (C=O) groups excluding carboxylic acids is 2. The van der Waals surface area contributed by atoms with E-state index in [0.29, 0.717) is 12.3 Å². The predicted octanol–water partition coefficient (Wildman–Crippen LogP) is 0.814. The number of hydrogen-bond acceptors (Lipinski definition) is 5. The van der Waals surface area contributed by atoms with E-state index < -0.39 is 12.0 Å². The van der Waals surface area contributed by atoms with Gasteiger partial charge in [0.05, 0.1) is 6.20 Å². The lowest BCUT2D eigenvalue weighted by Gasteiger charge is -2.21. The molecule has 96 valence electrons. The summed E-state index contributed by atoms with van der Waals surface area (Å²) < 4.78 is 5.59. The van der Waals surface area contributed by atoms with Gasteiger partial charge in [-0.05, 0) is 6.07 Å². The Kier molecular flexibility index (Phi) is 2.83. The Balaban J connectivity index is 1.89. The molecule has 1 fully saturated rings. The van der Waals surface area contributed by atoms with Crippen molar-refractivity contribution >= 4 is 22.6 Å². The number of ether oxygens (including phenoxy) is 1. The van der Waals surface area contributed by atoms with Crippen LogP contribution in [0.2, 0.25) is 0 Å². The van der Waals surface area contributed by atoms with Crippen LogP contribution in [0.3, 0.4) is 0 Å². The molecule has 0 aliphatic carbocycles. The first kappa shape index (κ1) is 11.6. The minimum atomic E-state index is -0.696. The quantitative estimate of drug-likeness (QED) is 0.805. The van der Waals surface area contributed by atoms with E-state index in [1.165, 1.54) is 0 Å². The number of imide groups is 1. The van der Waals surface area contributed by atoms with Crippen LogP contribution in [-0.4, -0.2) is 28.1 Å². The lowest BCUT2D eigenvalue weighted by atomic mass is 10.1. The standard InChI is InChI=1S/C13H11N3O3/c17-11-6-5-10(12(18)15-11)19-13-9-4-2-1-3-8(9)7-14-16-13/h1-4,7,10H,5-6H2,(H,15,17,18).